The minimum absolute atomic E-state index is 0.0139. The number of amides is 1. The molecule has 5 heteroatoms. The second-order valence-corrected chi connectivity index (χ2v) is 6.50. The smallest absolute Gasteiger partial charge is 0.272 e. The summed E-state index contributed by atoms with van der Waals surface area (Å²) in [5, 5.41) is 0.706. The van der Waals surface area contributed by atoms with Gasteiger partial charge in [-0.3, -0.25) is 4.79 Å². The van der Waals surface area contributed by atoms with Gasteiger partial charge in [-0.15, -0.1) is 0 Å². The fraction of sp³-hybridized carbons (Fsp3) is 0.250. The first-order valence-corrected chi connectivity index (χ1v) is 7.97. The summed E-state index contributed by atoms with van der Waals surface area (Å²) in [6.07, 6.45) is 3.78. The molecule has 0 saturated heterocycles. The predicted molar refractivity (Wildman–Crippen MR) is 86.3 cm³/mol. The largest absolute Gasteiger partial charge is 0.330 e. The van der Waals surface area contributed by atoms with E-state index in [0.717, 1.165) is 22.9 Å². The van der Waals surface area contributed by atoms with Crippen LogP contribution in [-0.4, -0.2) is 21.8 Å². The van der Waals surface area contributed by atoms with Crippen molar-refractivity contribution < 1.29 is 4.79 Å². The van der Waals surface area contributed by atoms with Crippen LogP contribution in [0.5, 0.6) is 0 Å². The Bertz CT molecular complexity index is 638. The van der Waals surface area contributed by atoms with Gasteiger partial charge in [0.2, 0.25) is 0 Å². The molecular formula is C16H14BrClN2O. The average molecular weight is 366 g/mol. The monoisotopic (exact) mass is 364 g/mol. The fourth-order valence-electron chi connectivity index (χ4n) is 2.19. The molecule has 3 nitrogen and oxygen atoms in total. The van der Waals surface area contributed by atoms with Crippen molar-refractivity contribution in [3.05, 3.63) is 63.3 Å². The molecule has 108 valence electrons. The number of aromatic nitrogens is 1. The summed E-state index contributed by atoms with van der Waals surface area (Å²) in [6, 6.07) is 11.5. The molecule has 1 fully saturated rings. The third-order valence-electron chi connectivity index (χ3n) is 3.46. The molecule has 1 saturated carbocycles. The molecule has 0 spiro atoms. The molecular weight excluding hydrogens is 352 g/mol. The van der Waals surface area contributed by atoms with Crippen LogP contribution in [0.15, 0.2) is 47.1 Å². The Labute approximate surface area is 137 Å². The van der Waals surface area contributed by atoms with E-state index in [-0.39, 0.29) is 5.91 Å². The van der Waals surface area contributed by atoms with Crippen LogP contribution in [0.1, 0.15) is 28.9 Å². The van der Waals surface area contributed by atoms with Gasteiger partial charge < -0.3 is 4.90 Å². The number of benzene rings is 1. The van der Waals surface area contributed by atoms with Gasteiger partial charge >= 0.3 is 0 Å². The Balaban J connectivity index is 1.79. The summed E-state index contributed by atoms with van der Waals surface area (Å²) in [5.74, 6) is -0.0139. The van der Waals surface area contributed by atoms with Gasteiger partial charge in [-0.25, -0.2) is 4.98 Å². The molecule has 1 aliphatic rings. The molecule has 0 N–H and O–H groups in total. The highest BCUT2D eigenvalue weighted by molar-refractivity contribution is 9.10. The van der Waals surface area contributed by atoms with Gasteiger partial charge in [0, 0.05) is 28.3 Å². The molecule has 1 heterocycles. The van der Waals surface area contributed by atoms with Crippen LogP contribution < -0.4 is 0 Å². The van der Waals surface area contributed by atoms with Crippen LogP contribution in [0.25, 0.3) is 0 Å². The number of pyridine rings is 1. The Morgan fingerprint density at radius 1 is 1.24 bits per heavy atom. The number of hydrogen-bond donors (Lipinski definition) is 0. The molecule has 2 aromatic rings. The van der Waals surface area contributed by atoms with Crippen LogP contribution in [-0.2, 0) is 6.54 Å². The van der Waals surface area contributed by atoms with E-state index in [4.69, 9.17) is 11.6 Å². The fourth-order valence-corrected chi connectivity index (χ4v) is 2.55. The molecule has 3 rings (SSSR count). The molecule has 1 aromatic carbocycles. The van der Waals surface area contributed by atoms with Crippen LogP contribution in [0.3, 0.4) is 0 Å². The van der Waals surface area contributed by atoms with Crippen LogP contribution in [0.4, 0.5) is 0 Å². The minimum atomic E-state index is -0.0139. The molecule has 1 aromatic heterocycles. The van der Waals surface area contributed by atoms with E-state index >= 15 is 0 Å². The van der Waals surface area contributed by atoms with Gasteiger partial charge in [-0.05, 0) is 58.6 Å². The second-order valence-electron chi connectivity index (χ2n) is 5.15. The molecule has 0 bridgehead atoms. The highest BCUT2D eigenvalue weighted by Gasteiger charge is 2.33. The third kappa shape index (κ3) is 3.63. The van der Waals surface area contributed by atoms with E-state index in [1.54, 1.807) is 12.3 Å². The van der Waals surface area contributed by atoms with E-state index in [9.17, 15) is 4.79 Å². The zero-order valence-corrected chi connectivity index (χ0v) is 13.6. The third-order valence-corrected chi connectivity index (χ3v) is 4.18. The molecule has 1 amide bonds. The summed E-state index contributed by atoms with van der Waals surface area (Å²) in [4.78, 5) is 18.7. The normalized spacial score (nSPS) is 14.0. The number of carbonyl (C=O) groups is 1. The molecule has 0 aliphatic heterocycles. The van der Waals surface area contributed by atoms with Crippen molar-refractivity contribution in [3.63, 3.8) is 0 Å². The van der Waals surface area contributed by atoms with Crippen molar-refractivity contribution >= 4 is 33.4 Å². The van der Waals surface area contributed by atoms with E-state index in [1.807, 2.05) is 35.2 Å². The lowest BCUT2D eigenvalue weighted by Crippen LogP contribution is -2.33. The van der Waals surface area contributed by atoms with Gasteiger partial charge in [0.15, 0.2) is 0 Å². The highest BCUT2D eigenvalue weighted by atomic mass is 79.9. The molecule has 21 heavy (non-hydrogen) atoms. The Morgan fingerprint density at radius 2 is 1.95 bits per heavy atom. The first-order chi connectivity index (χ1) is 10.1. The topological polar surface area (TPSA) is 33.2 Å². The summed E-state index contributed by atoms with van der Waals surface area (Å²) >= 11 is 9.23. The molecule has 0 radical (unpaired) electrons. The highest BCUT2D eigenvalue weighted by Crippen LogP contribution is 2.30. The van der Waals surface area contributed by atoms with Crippen molar-refractivity contribution in [2.45, 2.75) is 25.4 Å². The van der Waals surface area contributed by atoms with Crippen LogP contribution >= 0.6 is 27.5 Å². The number of rotatable bonds is 4. The number of hydrogen-bond acceptors (Lipinski definition) is 2. The van der Waals surface area contributed by atoms with Crippen molar-refractivity contribution in [3.8, 4) is 0 Å². The Kier molecular flexibility index (Phi) is 4.27. The maximum atomic E-state index is 12.6. The van der Waals surface area contributed by atoms with Gasteiger partial charge in [0.1, 0.15) is 5.69 Å². The number of halogens is 2. The molecule has 0 unspecified atom stereocenters. The Hall–Kier alpha value is -1.39. The quantitative estimate of drug-likeness (QED) is 0.809. The Morgan fingerprint density at radius 3 is 2.52 bits per heavy atom. The zero-order valence-electron chi connectivity index (χ0n) is 11.3. The van der Waals surface area contributed by atoms with Crippen molar-refractivity contribution in [2.75, 3.05) is 0 Å². The standard InChI is InChI=1S/C16H14BrClN2O/c17-12-3-8-15(19-9-12)16(21)20(14-6-7-14)10-11-1-4-13(18)5-2-11/h1-5,8-9,14H,6-7,10H2. The summed E-state index contributed by atoms with van der Waals surface area (Å²) < 4.78 is 0.870. The predicted octanol–water partition coefficient (Wildman–Crippen LogP) is 4.30. The van der Waals surface area contributed by atoms with Gasteiger partial charge in [0.05, 0.1) is 0 Å². The van der Waals surface area contributed by atoms with E-state index in [0.29, 0.717) is 23.3 Å². The zero-order chi connectivity index (χ0) is 14.8. The summed E-state index contributed by atoms with van der Waals surface area (Å²) in [6.45, 7) is 0.596. The van der Waals surface area contributed by atoms with E-state index in [2.05, 4.69) is 20.9 Å². The SMILES string of the molecule is O=C(c1ccc(Br)cn1)N(Cc1ccc(Cl)cc1)C1CC1. The molecule has 0 atom stereocenters. The maximum Gasteiger partial charge on any atom is 0.272 e. The lowest BCUT2D eigenvalue weighted by Gasteiger charge is -2.22. The second kappa shape index (κ2) is 6.16. The minimum Gasteiger partial charge on any atom is -0.330 e. The van der Waals surface area contributed by atoms with Gasteiger partial charge in [-0.1, -0.05) is 23.7 Å². The van der Waals surface area contributed by atoms with Gasteiger partial charge in [0.25, 0.3) is 5.91 Å². The lowest BCUT2D eigenvalue weighted by atomic mass is 10.2. The average Bonchev–Trinajstić information content (AvgIpc) is 3.31. The van der Waals surface area contributed by atoms with Crippen molar-refractivity contribution in [1.29, 1.82) is 0 Å². The summed E-state index contributed by atoms with van der Waals surface area (Å²) in [7, 11) is 0. The van der Waals surface area contributed by atoms with Gasteiger partial charge in [-0.2, -0.15) is 0 Å². The molecule has 1 aliphatic carbocycles. The summed E-state index contributed by atoms with van der Waals surface area (Å²) in [5.41, 5.74) is 1.57. The maximum absolute atomic E-state index is 12.6. The van der Waals surface area contributed by atoms with E-state index in [1.165, 1.54) is 0 Å². The first-order valence-electron chi connectivity index (χ1n) is 6.80. The number of carbonyl (C=O) groups excluding carboxylic acids is 1. The van der Waals surface area contributed by atoms with Crippen LogP contribution in [0, 0.1) is 0 Å². The van der Waals surface area contributed by atoms with Crippen molar-refractivity contribution in [1.82, 2.24) is 9.88 Å². The van der Waals surface area contributed by atoms with Crippen LogP contribution in [0.2, 0.25) is 5.02 Å². The van der Waals surface area contributed by atoms with Crippen molar-refractivity contribution in [2.24, 2.45) is 0 Å². The first kappa shape index (κ1) is 14.5. The van der Waals surface area contributed by atoms with E-state index < -0.39 is 0 Å². The lowest BCUT2D eigenvalue weighted by molar-refractivity contribution is 0.0724. The number of nitrogens with zero attached hydrogens (tertiary/aromatic N) is 2.